The van der Waals surface area contributed by atoms with E-state index in [0.29, 0.717) is 3.57 Å². The fourth-order valence-electron chi connectivity index (χ4n) is 1.01. The first-order valence-electron chi connectivity index (χ1n) is 4.04. The second kappa shape index (κ2) is 4.44. The van der Waals surface area contributed by atoms with Crippen LogP contribution in [-0.2, 0) is 0 Å². The van der Waals surface area contributed by atoms with Gasteiger partial charge in [-0.15, -0.1) is 0 Å². The Morgan fingerprint density at radius 2 is 1.44 bits per heavy atom. The van der Waals surface area contributed by atoms with Crippen molar-refractivity contribution in [2.75, 3.05) is 0 Å². The molecule has 0 saturated heterocycles. The molecule has 1 N–H and O–H groups in total. The Labute approximate surface area is 101 Å². The molecule has 0 amide bonds. The predicted molar refractivity (Wildman–Crippen MR) is 55.1 cm³/mol. The number of aliphatic hydroxyl groups excluding tert-OH is 1. The van der Waals surface area contributed by atoms with Gasteiger partial charge in [0.25, 0.3) is 0 Å². The van der Waals surface area contributed by atoms with Crippen LogP contribution in [0.3, 0.4) is 0 Å². The molecule has 0 heterocycles. The summed E-state index contributed by atoms with van der Waals surface area (Å²) in [5.74, 6) is -5.15. The first-order chi connectivity index (χ1) is 7.16. The molecule has 0 aliphatic rings. The summed E-state index contributed by atoms with van der Waals surface area (Å²) < 4.78 is 61.9. The molecule has 16 heavy (non-hydrogen) atoms. The molecule has 1 aromatic carbocycles. The summed E-state index contributed by atoms with van der Waals surface area (Å²) in [5.41, 5.74) is -0.470. The second-order valence-electron chi connectivity index (χ2n) is 3.07. The normalized spacial score (nSPS) is 14.9. The van der Waals surface area contributed by atoms with Crippen LogP contribution in [0.4, 0.5) is 22.0 Å². The van der Waals surface area contributed by atoms with Crippen molar-refractivity contribution < 1.29 is 27.1 Å². The van der Waals surface area contributed by atoms with Crippen molar-refractivity contribution in [3.8, 4) is 0 Å². The van der Waals surface area contributed by atoms with Gasteiger partial charge in [-0.2, -0.15) is 22.0 Å². The number of halogens is 6. The lowest BCUT2D eigenvalue weighted by Gasteiger charge is -2.24. The molecule has 1 unspecified atom stereocenters. The minimum absolute atomic E-state index is 0.470. The van der Waals surface area contributed by atoms with Gasteiger partial charge in [0.1, 0.15) is 0 Å². The summed E-state index contributed by atoms with van der Waals surface area (Å²) in [4.78, 5) is 0. The van der Waals surface area contributed by atoms with E-state index in [1.54, 1.807) is 0 Å². The fourth-order valence-corrected chi connectivity index (χ4v) is 1.37. The van der Waals surface area contributed by atoms with E-state index in [2.05, 4.69) is 0 Å². The third kappa shape index (κ3) is 2.62. The van der Waals surface area contributed by atoms with Crippen LogP contribution in [0.5, 0.6) is 0 Å². The molecule has 1 aromatic rings. The lowest BCUT2D eigenvalue weighted by atomic mass is 10.0. The Hall–Kier alpha value is -0.440. The summed E-state index contributed by atoms with van der Waals surface area (Å²) in [6.45, 7) is 0. The van der Waals surface area contributed by atoms with E-state index in [1.165, 1.54) is 12.1 Å². The highest BCUT2D eigenvalue weighted by molar-refractivity contribution is 14.1. The number of hydrogen-bond acceptors (Lipinski definition) is 1. The number of alkyl halides is 5. The lowest BCUT2D eigenvalue weighted by Crippen LogP contribution is -2.42. The van der Waals surface area contributed by atoms with E-state index in [0.717, 1.165) is 12.1 Å². The molecule has 1 rings (SSSR count). The highest BCUT2D eigenvalue weighted by Crippen LogP contribution is 2.44. The Morgan fingerprint density at radius 1 is 1.00 bits per heavy atom. The number of rotatable bonds is 2. The van der Waals surface area contributed by atoms with Crippen molar-refractivity contribution in [2.45, 2.75) is 18.2 Å². The van der Waals surface area contributed by atoms with Crippen molar-refractivity contribution in [3.63, 3.8) is 0 Å². The molecule has 0 aliphatic carbocycles. The summed E-state index contributed by atoms with van der Waals surface area (Å²) >= 11 is 1.87. The smallest absolute Gasteiger partial charge is 0.382 e. The summed E-state index contributed by atoms with van der Waals surface area (Å²) in [7, 11) is 0. The van der Waals surface area contributed by atoms with Crippen LogP contribution in [0.15, 0.2) is 24.3 Å². The van der Waals surface area contributed by atoms with Crippen molar-refractivity contribution in [1.82, 2.24) is 0 Å². The van der Waals surface area contributed by atoms with Crippen LogP contribution < -0.4 is 0 Å². The van der Waals surface area contributed by atoms with Gasteiger partial charge in [-0.25, -0.2) is 0 Å². The number of benzene rings is 1. The molecule has 0 fully saturated rings. The minimum Gasteiger partial charge on any atom is -0.382 e. The molecule has 0 bridgehead atoms. The maximum absolute atomic E-state index is 12.7. The number of aliphatic hydroxyl groups is 1. The van der Waals surface area contributed by atoms with Gasteiger partial charge in [0, 0.05) is 3.57 Å². The first-order valence-corrected chi connectivity index (χ1v) is 5.12. The minimum atomic E-state index is -5.77. The zero-order valence-corrected chi connectivity index (χ0v) is 9.76. The molecular weight excluding hydrogens is 346 g/mol. The van der Waals surface area contributed by atoms with Crippen LogP contribution in [0.2, 0.25) is 0 Å². The predicted octanol–water partition coefficient (Wildman–Crippen LogP) is 3.52. The van der Waals surface area contributed by atoms with E-state index in [4.69, 9.17) is 5.11 Å². The molecule has 0 aromatic heterocycles. The van der Waals surface area contributed by atoms with Gasteiger partial charge in [-0.05, 0) is 40.3 Å². The molecule has 90 valence electrons. The van der Waals surface area contributed by atoms with E-state index < -0.39 is 23.8 Å². The van der Waals surface area contributed by atoms with E-state index >= 15 is 0 Å². The molecule has 0 radical (unpaired) electrons. The third-order valence-corrected chi connectivity index (χ3v) is 2.63. The Balaban J connectivity index is 3.02. The van der Waals surface area contributed by atoms with Gasteiger partial charge in [0.15, 0.2) is 6.10 Å². The molecule has 0 saturated carbocycles. The fraction of sp³-hybridized carbons (Fsp3) is 0.333. The van der Waals surface area contributed by atoms with Crippen molar-refractivity contribution in [2.24, 2.45) is 0 Å². The van der Waals surface area contributed by atoms with Gasteiger partial charge >= 0.3 is 12.1 Å². The average Bonchev–Trinajstić information content (AvgIpc) is 2.16. The van der Waals surface area contributed by atoms with Crippen molar-refractivity contribution in [3.05, 3.63) is 33.4 Å². The summed E-state index contributed by atoms with van der Waals surface area (Å²) in [6, 6.07) is 4.75. The van der Waals surface area contributed by atoms with Gasteiger partial charge in [-0.1, -0.05) is 12.1 Å². The first kappa shape index (κ1) is 13.6. The Morgan fingerprint density at radius 3 is 1.81 bits per heavy atom. The SMILES string of the molecule is OC(c1ccc(I)cc1)C(F)(F)C(F)(F)F. The zero-order valence-electron chi connectivity index (χ0n) is 7.60. The van der Waals surface area contributed by atoms with Crippen molar-refractivity contribution >= 4 is 22.6 Å². The van der Waals surface area contributed by atoms with Gasteiger partial charge in [0.2, 0.25) is 0 Å². The molecule has 0 aliphatic heterocycles. The Kier molecular flexibility index (Phi) is 3.78. The van der Waals surface area contributed by atoms with Gasteiger partial charge in [-0.3, -0.25) is 0 Å². The molecule has 0 spiro atoms. The maximum Gasteiger partial charge on any atom is 0.456 e. The Bertz CT molecular complexity index is 359. The van der Waals surface area contributed by atoms with Gasteiger partial charge in [0.05, 0.1) is 0 Å². The molecular formula is C9H6F5IO. The molecule has 1 nitrogen and oxygen atoms in total. The standard InChI is InChI=1S/C9H6F5IO/c10-8(11,9(12,13)14)7(16)5-1-3-6(15)4-2-5/h1-4,7,16H. The highest BCUT2D eigenvalue weighted by Gasteiger charge is 2.62. The van der Waals surface area contributed by atoms with Gasteiger partial charge < -0.3 is 5.11 Å². The number of hydrogen-bond donors (Lipinski definition) is 1. The zero-order chi connectivity index (χ0) is 12.6. The highest BCUT2D eigenvalue weighted by atomic mass is 127. The van der Waals surface area contributed by atoms with Crippen LogP contribution >= 0.6 is 22.6 Å². The summed E-state index contributed by atoms with van der Waals surface area (Å²) in [6.07, 6.45) is -8.65. The average molecular weight is 352 g/mol. The molecule has 7 heteroatoms. The maximum atomic E-state index is 12.7. The second-order valence-corrected chi connectivity index (χ2v) is 4.32. The molecule has 1 atom stereocenters. The van der Waals surface area contributed by atoms with Crippen molar-refractivity contribution in [1.29, 1.82) is 0 Å². The van der Waals surface area contributed by atoms with Crippen LogP contribution in [0, 0.1) is 3.57 Å². The van der Waals surface area contributed by atoms with Crippen LogP contribution in [0.25, 0.3) is 0 Å². The van der Waals surface area contributed by atoms with Crippen LogP contribution in [-0.4, -0.2) is 17.2 Å². The van der Waals surface area contributed by atoms with E-state index in [1.807, 2.05) is 22.6 Å². The summed E-state index contributed by atoms with van der Waals surface area (Å²) in [5, 5.41) is 9.00. The topological polar surface area (TPSA) is 20.2 Å². The van der Waals surface area contributed by atoms with E-state index in [9.17, 15) is 22.0 Å². The quantitative estimate of drug-likeness (QED) is 0.638. The third-order valence-electron chi connectivity index (χ3n) is 1.91. The largest absolute Gasteiger partial charge is 0.456 e. The van der Waals surface area contributed by atoms with E-state index in [-0.39, 0.29) is 0 Å². The van der Waals surface area contributed by atoms with Crippen LogP contribution in [0.1, 0.15) is 11.7 Å². The monoisotopic (exact) mass is 352 g/mol. The lowest BCUT2D eigenvalue weighted by molar-refractivity contribution is -0.315.